The van der Waals surface area contributed by atoms with Crippen LogP contribution in [-0.4, -0.2) is 12.6 Å². The molecule has 84 valence electrons. The fraction of sp³-hybridized carbons (Fsp3) is 0.222. The Labute approximate surface area is 94.8 Å². The lowest BCUT2D eigenvalue weighted by Crippen LogP contribution is -2.05. The van der Waals surface area contributed by atoms with E-state index in [-0.39, 0.29) is 12.3 Å². The van der Waals surface area contributed by atoms with Crippen LogP contribution in [0.3, 0.4) is 0 Å². The maximum atomic E-state index is 12.7. The van der Waals surface area contributed by atoms with Gasteiger partial charge in [-0.3, -0.25) is 0 Å². The number of thiophene rings is 1. The Bertz CT molecular complexity index is 463. The van der Waals surface area contributed by atoms with Gasteiger partial charge in [-0.1, -0.05) is 5.11 Å². The van der Waals surface area contributed by atoms with E-state index < -0.39 is 11.8 Å². The average Bonchev–Trinajstić information content (AvgIpc) is 2.64. The Morgan fingerprint density at radius 2 is 2.56 bits per heavy atom. The van der Waals surface area contributed by atoms with Crippen LogP contribution in [-0.2, 0) is 9.53 Å². The molecule has 0 aliphatic heterocycles. The lowest BCUT2D eigenvalue weighted by Gasteiger charge is -1.99. The van der Waals surface area contributed by atoms with Crippen molar-refractivity contribution < 1.29 is 13.9 Å². The summed E-state index contributed by atoms with van der Waals surface area (Å²) in [5, 5.41) is 4.48. The first-order valence-electron chi connectivity index (χ1n) is 4.35. The summed E-state index contributed by atoms with van der Waals surface area (Å²) >= 11 is 1.10. The molecule has 0 bridgehead atoms. The molecule has 0 amide bonds. The summed E-state index contributed by atoms with van der Waals surface area (Å²) < 4.78 is 17.3. The van der Waals surface area contributed by atoms with Crippen LogP contribution >= 0.6 is 11.3 Å². The molecule has 0 aliphatic carbocycles. The van der Waals surface area contributed by atoms with Crippen molar-refractivity contribution in [2.24, 2.45) is 5.11 Å². The molecule has 1 heterocycles. The van der Waals surface area contributed by atoms with Gasteiger partial charge >= 0.3 is 5.97 Å². The SMILES string of the molecule is CCOC(=O)C(=Cc1cc(F)cs1)N=[N+]=[N-]. The lowest BCUT2D eigenvalue weighted by atomic mass is 10.3. The fourth-order valence-corrected chi connectivity index (χ4v) is 1.60. The van der Waals surface area contributed by atoms with Gasteiger partial charge in [0, 0.05) is 15.2 Å². The molecule has 1 aromatic heterocycles. The van der Waals surface area contributed by atoms with E-state index in [1.807, 2.05) is 0 Å². The van der Waals surface area contributed by atoms with Crippen LogP contribution < -0.4 is 0 Å². The van der Waals surface area contributed by atoms with E-state index in [4.69, 9.17) is 5.53 Å². The smallest absolute Gasteiger partial charge is 0.340 e. The monoisotopic (exact) mass is 241 g/mol. The molecule has 0 saturated heterocycles. The quantitative estimate of drug-likeness (QED) is 0.267. The lowest BCUT2D eigenvalue weighted by molar-refractivity contribution is -0.138. The molecular weight excluding hydrogens is 233 g/mol. The third kappa shape index (κ3) is 3.38. The average molecular weight is 241 g/mol. The molecule has 5 nitrogen and oxygen atoms in total. The van der Waals surface area contributed by atoms with Gasteiger partial charge in [0.1, 0.15) is 11.5 Å². The zero-order chi connectivity index (χ0) is 12.0. The Hall–Kier alpha value is -1.85. The van der Waals surface area contributed by atoms with Gasteiger partial charge in [0.2, 0.25) is 0 Å². The van der Waals surface area contributed by atoms with Gasteiger partial charge in [-0.25, -0.2) is 9.18 Å². The van der Waals surface area contributed by atoms with Crippen molar-refractivity contribution >= 4 is 23.4 Å². The number of esters is 1. The molecule has 0 spiro atoms. The van der Waals surface area contributed by atoms with Crippen molar-refractivity contribution in [2.75, 3.05) is 6.61 Å². The number of halogens is 1. The molecule has 7 heteroatoms. The standard InChI is InChI=1S/C9H8FN3O2S/c1-2-15-9(14)8(12-13-11)4-7-3-6(10)5-16-7/h3-5H,2H2,1H3. The van der Waals surface area contributed by atoms with Gasteiger partial charge in [-0.05, 0) is 24.6 Å². The predicted molar refractivity (Wildman–Crippen MR) is 58.0 cm³/mol. The topological polar surface area (TPSA) is 75.1 Å². The molecule has 1 aromatic rings. The molecule has 0 saturated carbocycles. The van der Waals surface area contributed by atoms with Crippen molar-refractivity contribution in [1.29, 1.82) is 0 Å². The maximum absolute atomic E-state index is 12.7. The first-order valence-corrected chi connectivity index (χ1v) is 5.23. The number of azide groups is 1. The third-order valence-electron chi connectivity index (χ3n) is 1.50. The molecule has 0 aliphatic rings. The van der Waals surface area contributed by atoms with Crippen LogP contribution in [0.1, 0.15) is 11.8 Å². The first kappa shape index (κ1) is 12.2. The minimum Gasteiger partial charge on any atom is -0.462 e. The van der Waals surface area contributed by atoms with Crippen molar-refractivity contribution in [3.63, 3.8) is 0 Å². The molecule has 0 atom stereocenters. The number of carbonyl (C=O) groups is 1. The number of hydrogen-bond acceptors (Lipinski definition) is 4. The number of hydrogen-bond donors (Lipinski definition) is 0. The van der Waals surface area contributed by atoms with Crippen LogP contribution in [0.2, 0.25) is 0 Å². The first-order chi connectivity index (χ1) is 7.67. The Kier molecular flexibility index (Phi) is 4.50. The number of carbonyl (C=O) groups excluding carboxylic acids is 1. The highest BCUT2D eigenvalue weighted by Crippen LogP contribution is 2.17. The summed E-state index contributed by atoms with van der Waals surface area (Å²) in [6.07, 6.45) is 1.28. The molecule has 0 N–H and O–H groups in total. The summed E-state index contributed by atoms with van der Waals surface area (Å²) in [6, 6.07) is 1.23. The molecule has 1 rings (SSSR count). The molecule has 0 aromatic carbocycles. The Morgan fingerprint density at radius 3 is 3.06 bits per heavy atom. The van der Waals surface area contributed by atoms with E-state index in [1.54, 1.807) is 6.92 Å². The van der Waals surface area contributed by atoms with Crippen LogP contribution in [0.5, 0.6) is 0 Å². The van der Waals surface area contributed by atoms with Crippen molar-refractivity contribution in [1.82, 2.24) is 0 Å². The molecule has 16 heavy (non-hydrogen) atoms. The zero-order valence-corrected chi connectivity index (χ0v) is 9.20. The molecule has 0 unspecified atom stereocenters. The molecular formula is C9H8FN3O2S. The van der Waals surface area contributed by atoms with Gasteiger partial charge in [0.15, 0.2) is 0 Å². The minimum atomic E-state index is -0.728. The second-order valence-corrected chi connectivity index (χ2v) is 3.55. The van der Waals surface area contributed by atoms with Crippen molar-refractivity contribution in [2.45, 2.75) is 6.92 Å². The van der Waals surface area contributed by atoms with E-state index in [0.29, 0.717) is 4.88 Å². The zero-order valence-electron chi connectivity index (χ0n) is 8.38. The van der Waals surface area contributed by atoms with Gasteiger partial charge in [0.05, 0.1) is 6.61 Å². The van der Waals surface area contributed by atoms with Crippen LogP contribution in [0.25, 0.3) is 16.5 Å². The highest BCUT2D eigenvalue weighted by molar-refractivity contribution is 7.10. The summed E-state index contributed by atoms with van der Waals surface area (Å²) in [5.74, 6) is -1.13. The van der Waals surface area contributed by atoms with Gasteiger partial charge in [0.25, 0.3) is 0 Å². The van der Waals surface area contributed by atoms with Crippen LogP contribution in [0.4, 0.5) is 4.39 Å². The Morgan fingerprint density at radius 1 is 1.81 bits per heavy atom. The van der Waals surface area contributed by atoms with Gasteiger partial charge in [-0.2, -0.15) is 0 Å². The van der Waals surface area contributed by atoms with Crippen molar-refractivity contribution in [3.05, 3.63) is 38.3 Å². The van der Waals surface area contributed by atoms with E-state index in [0.717, 1.165) is 11.3 Å². The normalized spacial score (nSPS) is 10.8. The fourth-order valence-electron chi connectivity index (χ4n) is 0.921. The summed E-state index contributed by atoms with van der Waals surface area (Å²) in [7, 11) is 0. The van der Waals surface area contributed by atoms with Crippen LogP contribution in [0, 0.1) is 5.82 Å². The second kappa shape index (κ2) is 5.89. The molecule has 0 fully saturated rings. The second-order valence-electron chi connectivity index (χ2n) is 2.61. The van der Waals surface area contributed by atoms with E-state index in [1.165, 1.54) is 17.5 Å². The maximum Gasteiger partial charge on any atom is 0.340 e. The summed E-state index contributed by atoms with van der Waals surface area (Å²) in [4.78, 5) is 14.3. The van der Waals surface area contributed by atoms with E-state index >= 15 is 0 Å². The Balaban J connectivity index is 2.97. The highest BCUT2D eigenvalue weighted by Gasteiger charge is 2.09. The largest absolute Gasteiger partial charge is 0.462 e. The van der Waals surface area contributed by atoms with E-state index in [9.17, 15) is 9.18 Å². The highest BCUT2D eigenvalue weighted by atomic mass is 32.1. The minimum absolute atomic E-state index is 0.177. The van der Waals surface area contributed by atoms with Gasteiger partial charge < -0.3 is 4.74 Å². The van der Waals surface area contributed by atoms with Gasteiger partial charge in [-0.15, -0.1) is 11.3 Å². The number of rotatable bonds is 4. The number of nitrogens with zero attached hydrogens (tertiary/aromatic N) is 3. The van der Waals surface area contributed by atoms with Crippen molar-refractivity contribution in [3.8, 4) is 0 Å². The number of ether oxygens (including phenoxy) is 1. The van der Waals surface area contributed by atoms with E-state index in [2.05, 4.69) is 14.8 Å². The van der Waals surface area contributed by atoms with Crippen LogP contribution in [0.15, 0.2) is 22.3 Å². The third-order valence-corrected chi connectivity index (χ3v) is 2.35. The molecule has 0 radical (unpaired) electrons. The summed E-state index contributed by atoms with van der Waals surface area (Å²) in [6.45, 7) is 1.81. The predicted octanol–water partition coefficient (Wildman–Crippen LogP) is 3.10. The summed E-state index contributed by atoms with van der Waals surface area (Å²) in [5.41, 5.74) is 8.09.